The Morgan fingerprint density at radius 2 is 1.81 bits per heavy atom. The van der Waals surface area contributed by atoms with E-state index in [1.54, 1.807) is 32.4 Å². The molecule has 4 N–H and O–H groups in total. The van der Waals surface area contributed by atoms with E-state index < -0.39 is 64.4 Å². The highest BCUT2D eigenvalue weighted by atomic mass is 16.3. The maximum absolute atomic E-state index is 14.1. The molecule has 2 fully saturated rings. The minimum Gasteiger partial charge on any atom is -0.377 e. The lowest BCUT2D eigenvalue weighted by Crippen LogP contribution is -2.74. The largest absolute Gasteiger partial charge is 0.377 e. The van der Waals surface area contributed by atoms with Crippen molar-refractivity contribution in [3.63, 3.8) is 0 Å². The summed E-state index contributed by atoms with van der Waals surface area (Å²) in [5.41, 5.74) is 5.76. The molecule has 1 aromatic heterocycles. The molecule has 2 aromatic rings. The number of likely N-dealkylation sites (N-methyl/N-ethyl adjacent to an activating group) is 1. The van der Waals surface area contributed by atoms with Crippen LogP contribution < -0.4 is 10.6 Å². The van der Waals surface area contributed by atoms with Crippen LogP contribution in [0.5, 0.6) is 0 Å². The number of aromatic amines is 1. The molecule has 11 heteroatoms. The Labute approximate surface area is 213 Å². The number of H-pyrrole nitrogens is 1. The van der Waals surface area contributed by atoms with E-state index in [-0.39, 0.29) is 6.42 Å². The van der Waals surface area contributed by atoms with Gasteiger partial charge in [-0.05, 0) is 50.6 Å². The van der Waals surface area contributed by atoms with Gasteiger partial charge in [-0.3, -0.25) is 34.0 Å². The van der Waals surface area contributed by atoms with E-state index in [2.05, 4.69) is 10.2 Å². The lowest BCUT2D eigenvalue weighted by molar-refractivity contribution is -0.181. The molecule has 6 atom stereocenters. The van der Waals surface area contributed by atoms with Gasteiger partial charge >= 0.3 is 0 Å². The van der Waals surface area contributed by atoms with Crippen molar-refractivity contribution in [2.24, 2.45) is 29.4 Å². The predicted molar refractivity (Wildman–Crippen MR) is 132 cm³/mol. The quantitative estimate of drug-likeness (QED) is 0.467. The fourth-order valence-corrected chi connectivity index (χ4v) is 6.66. The third kappa shape index (κ3) is 3.33. The van der Waals surface area contributed by atoms with E-state index >= 15 is 0 Å². The average molecular weight is 508 g/mol. The summed E-state index contributed by atoms with van der Waals surface area (Å²) < 4.78 is 0. The maximum atomic E-state index is 14.1. The fourth-order valence-electron chi connectivity index (χ4n) is 6.66. The van der Waals surface area contributed by atoms with Crippen molar-refractivity contribution in [3.05, 3.63) is 35.5 Å². The first-order valence-corrected chi connectivity index (χ1v) is 12.1. The van der Waals surface area contributed by atoms with Crippen molar-refractivity contribution in [1.29, 1.82) is 0 Å². The van der Waals surface area contributed by atoms with Crippen molar-refractivity contribution in [2.45, 2.75) is 24.5 Å². The summed E-state index contributed by atoms with van der Waals surface area (Å²) in [6.07, 6.45) is 1.96. The summed E-state index contributed by atoms with van der Waals surface area (Å²) in [4.78, 5) is 70.2. The van der Waals surface area contributed by atoms with Crippen molar-refractivity contribution >= 4 is 34.7 Å². The van der Waals surface area contributed by atoms with Crippen LogP contribution in [-0.2, 0) is 25.6 Å². The van der Waals surface area contributed by atoms with Gasteiger partial charge in [-0.15, -0.1) is 0 Å². The van der Waals surface area contributed by atoms with Crippen LogP contribution in [0, 0.1) is 23.7 Å². The van der Waals surface area contributed by atoms with Crippen LogP contribution >= 0.6 is 0 Å². The number of carbonyl (C=O) groups excluding carboxylic acids is 5. The number of Topliss-reactive ketones (excluding diaryl/α,β-unsaturated/α-hetero) is 4. The monoisotopic (exact) mass is 507 g/mol. The van der Waals surface area contributed by atoms with Crippen LogP contribution in [0.3, 0.4) is 0 Å². The molecule has 37 heavy (non-hydrogen) atoms. The number of amides is 1. The highest BCUT2D eigenvalue weighted by Gasteiger charge is 2.69. The van der Waals surface area contributed by atoms with Crippen molar-refractivity contribution in [2.75, 3.05) is 33.1 Å². The zero-order valence-electron chi connectivity index (χ0n) is 21.0. The number of hydrogen-bond donors (Lipinski definition) is 3. The second-order valence-electron chi connectivity index (χ2n) is 10.6. The Bertz CT molecular complexity index is 1350. The number of fused-ring (bicyclic) bond motifs is 3. The molecule has 0 bridgehead atoms. The number of benzene rings is 1. The van der Waals surface area contributed by atoms with Gasteiger partial charge < -0.3 is 15.7 Å². The fraction of sp³-hybridized carbons (Fsp3) is 0.462. The minimum atomic E-state index is -2.68. The van der Waals surface area contributed by atoms with Gasteiger partial charge in [0.2, 0.25) is 5.91 Å². The molecule has 1 aromatic carbocycles. The van der Waals surface area contributed by atoms with Gasteiger partial charge in [0, 0.05) is 43.0 Å². The number of ketones is 4. The van der Waals surface area contributed by atoms with Crippen molar-refractivity contribution in [1.82, 2.24) is 15.1 Å². The Balaban J connectivity index is 1.69. The summed E-state index contributed by atoms with van der Waals surface area (Å²) >= 11 is 0. The maximum Gasteiger partial charge on any atom is 0.235 e. The summed E-state index contributed by atoms with van der Waals surface area (Å²) in [5, 5.41) is 18.6. The number of aromatic nitrogens is 2. The first kappa shape index (κ1) is 25.0. The smallest absolute Gasteiger partial charge is 0.235 e. The van der Waals surface area contributed by atoms with Crippen LogP contribution in [0.25, 0.3) is 11.3 Å². The second-order valence-corrected chi connectivity index (χ2v) is 10.6. The molecule has 3 aliphatic carbocycles. The molecule has 1 amide bonds. The zero-order valence-corrected chi connectivity index (χ0v) is 21.0. The van der Waals surface area contributed by atoms with Gasteiger partial charge in [-0.25, -0.2) is 0 Å². The van der Waals surface area contributed by atoms with E-state index in [0.29, 0.717) is 23.2 Å². The summed E-state index contributed by atoms with van der Waals surface area (Å²) in [5.74, 6) is -9.57. The van der Waals surface area contributed by atoms with Crippen molar-refractivity contribution < 1.29 is 29.1 Å². The number of hydrogen-bond acceptors (Lipinski definition) is 9. The molecular formula is C26H29N5O6. The number of carbonyl (C=O) groups is 5. The molecule has 0 aliphatic heterocycles. The molecule has 194 valence electrons. The highest BCUT2D eigenvalue weighted by Crippen LogP contribution is 2.51. The van der Waals surface area contributed by atoms with Gasteiger partial charge in [-0.2, -0.15) is 5.10 Å². The Kier molecular flexibility index (Phi) is 5.68. The molecule has 0 saturated heterocycles. The number of anilines is 1. The van der Waals surface area contributed by atoms with Gasteiger partial charge in [0.05, 0.1) is 17.7 Å². The third-order valence-corrected chi connectivity index (χ3v) is 8.21. The second kappa shape index (κ2) is 8.42. The topological polar surface area (TPSA) is 167 Å². The first-order valence-electron chi connectivity index (χ1n) is 12.1. The lowest BCUT2D eigenvalue weighted by Gasteiger charge is -2.52. The van der Waals surface area contributed by atoms with Gasteiger partial charge in [0.1, 0.15) is 0 Å². The average Bonchev–Trinajstić information content (AvgIpc) is 3.35. The zero-order chi connectivity index (χ0) is 27.0. The van der Waals surface area contributed by atoms with Crippen LogP contribution in [-0.4, -0.2) is 89.1 Å². The number of nitrogens with one attached hydrogen (secondary N) is 1. The number of nitrogens with zero attached hydrogens (tertiary/aromatic N) is 3. The van der Waals surface area contributed by atoms with Crippen LogP contribution in [0.1, 0.15) is 22.3 Å². The number of primary amides is 1. The number of nitrogens with two attached hydrogens (primary N) is 1. The Hall–Kier alpha value is -3.70. The number of rotatable bonds is 4. The minimum absolute atomic E-state index is 0.0745. The normalized spacial score (nSPS) is 31.1. The molecule has 11 nitrogen and oxygen atoms in total. The van der Waals surface area contributed by atoms with Crippen LogP contribution in [0.4, 0.5) is 5.69 Å². The van der Waals surface area contributed by atoms with Gasteiger partial charge in [-0.1, -0.05) is 6.07 Å². The lowest BCUT2D eigenvalue weighted by atomic mass is 9.52. The van der Waals surface area contributed by atoms with Crippen LogP contribution in [0.2, 0.25) is 0 Å². The van der Waals surface area contributed by atoms with Crippen LogP contribution in [0.15, 0.2) is 24.4 Å². The SMILES string of the molecule is CN(C)c1ccc(-c2ccn[nH]2)c2c1C[C@H]1C[C@H]3[C@H](N(C)C)C(=O)C(C(N)=O)C(=O)[C@@]3(O)C(=O)C1C2=O. The molecule has 1 heterocycles. The molecule has 5 rings (SSSR count). The molecule has 0 spiro atoms. The van der Waals surface area contributed by atoms with Crippen molar-refractivity contribution in [3.8, 4) is 11.3 Å². The van der Waals surface area contributed by atoms with E-state index in [9.17, 15) is 29.1 Å². The standard InChI is InChI=1S/C26H29N5O6/c1-30(2)16-6-5-12(15-7-8-28-29-15)18-13(16)9-11-10-14-20(31(3)4)22(33)19(25(27)36)24(35)26(14,37)23(34)17(11)21(18)32/h5-8,11,14,17,19-20,37H,9-10H2,1-4H3,(H2,27,36)(H,28,29)/t11-,14-,17?,19?,20-,26-/m0/s1. The van der Waals surface area contributed by atoms with E-state index in [1.165, 1.54) is 4.90 Å². The third-order valence-electron chi connectivity index (χ3n) is 8.21. The molecule has 3 aliphatic rings. The summed E-state index contributed by atoms with van der Waals surface area (Å²) in [7, 11) is 6.87. The Morgan fingerprint density at radius 1 is 1.11 bits per heavy atom. The molecule has 2 unspecified atom stereocenters. The van der Waals surface area contributed by atoms with Gasteiger partial charge in [0.25, 0.3) is 0 Å². The molecule has 0 radical (unpaired) electrons. The summed E-state index contributed by atoms with van der Waals surface area (Å²) in [6, 6.07) is 4.30. The first-order chi connectivity index (χ1) is 17.4. The predicted octanol–water partition coefficient (Wildman–Crippen LogP) is -0.382. The van der Waals surface area contributed by atoms with E-state index in [4.69, 9.17) is 5.73 Å². The van der Waals surface area contributed by atoms with Gasteiger partial charge in [0.15, 0.2) is 34.7 Å². The number of aliphatic hydroxyl groups is 1. The highest BCUT2D eigenvalue weighted by molar-refractivity contribution is 6.32. The Morgan fingerprint density at radius 3 is 2.38 bits per heavy atom. The summed E-state index contributed by atoms with van der Waals surface area (Å²) in [6.45, 7) is 0. The van der Waals surface area contributed by atoms with E-state index in [0.717, 1.165) is 11.3 Å². The van der Waals surface area contributed by atoms with E-state index in [1.807, 2.05) is 25.1 Å². The molecular weight excluding hydrogens is 478 g/mol. The molecule has 2 saturated carbocycles.